The molecule has 0 aliphatic rings. The van der Waals surface area contributed by atoms with Crippen LogP contribution in [0.5, 0.6) is 0 Å². The zero-order valence-corrected chi connectivity index (χ0v) is 12.6. The zero-order valence-electron chi connectivity index (χ0n) is 10.2. The van der Waals surface area contributed by atoms with Crippen molar-refractivity contribution in [2.24, 2.45) is 0 Å². The molecule has 0 spiro atoms. The van der Waals surface area contributed by atoms with E-state index in [0.29, 0.717) is 0 Å². The van der Waals surface area contributed by atoms with Crippen LogP contribution in [0.3, 0.4) is 0 Å². The Morgan fingerprint density at radius 2 is 1.94 bits per heavy atom. The van der Waals surface area contributed by atoms with Crippen molar-refractivity contribution < 1.29 is 0 Å². The van der Waals surface area contributed by atoms with Gasteiger partial charge in [0.1, 0.15) is 5.01 Å². The largest absolute Gasteiger partial charge is 0.236 e. The predicted octanol–water partition coefficient (Wildman–Crippen LogP) is 5.34. The van der Waals surface area contributed by atoms with Gasteiger partial charge in [0.2, 0.25) is 0 Å². The monoisotopic (exact) mass is 317 g/mol. The van der Waals surface area contributed by atoms with E-state index in [4.69, 9.17) is 4.98 Å². The van der Waals surface area contributed by atoms with E-state index in [2.05, 4.69) is 54.0 Å². The topological polar surface area (TPSA) is 12.9 Å². The fourth-order valence-corrected chi connectivity index (χ4v) is 3.65. The summed E-state index contributed by atoms with van der Waals surface area (Å²) in [6, 6.07) is 12.7. The highest BCUT2D eigenvalue weighted by Gasteiger charge is 2.08. The SMILES string of the molecule is Cc1cc(C)c2nc(-c3cccc(Br)c3)sc2c1. The molecule has 0 amide bonds. The molecule has 0 saturated carbocycles. The molecule has 1 nitrogen and oxygen atoms in total. The smallest absolute Gasteiger partial charge is 0.124 e. The van der Waals surface area contributed by atoms with Gasteiger partial charge in [0, 0.05) is 10.0 Å². The van der Waals surface area contributed by atoms with Gasteiger partial charge in [-0.25, -0.2) is 4.98 Å². The minimum atomic E-state index is 1.08. The summed E-state index contributed by atoms with van der Waals surface area (Å²) >= 11 is 5.26. The Morgan fingerprint density at radius 3 is 2.72 bits per heavy atom. The normalized spacial score (nSPS) is 11.1. The number of hydrogen-bond donors (Lipinski definition) is 0. The summed E-state index contributed by atoms with van der Waals surface area (Å²) in [5.74, 6) is 0. The van der Waals surface area contributed by atoms with E-state index in [1.165, 1.54) is 21.4 Å². The molecule has 0 radical (unpaired) electrons. The van der Waals surface area contributed by atoms with E-state index in [0.717, 1.165) is 15.0 Å². The minimum absolute atomic E-state index is 1.08. The van der Waals surface area contributed by atoms with Gasteiger partial charge in [0.25, 0.3) is 0 Å². The molecule has 0 fully saturated rings. The second kappa shape index (κ2) is 4.48. The number of hydrogen-bond acceptors (Lipinski definition) is 2. The van der Waals surface area contributed by atoms with Crippen LogP contribution >= 0.6 is 27.3 Å². The van der Waals surface area contributed by atoms with Gasteiger partial charge in [0.15, 0.2) is 0 Å². The number of fused-ring (bicyclic) bond motifs is 1. The molecule has 0 aliphatic heterocycles. The van der Waals surface area contributed by atoms with Crippen molar-refractivity contribution in [3.8, 4) is 10.6 Å². The predicted molar refractivity (Wildman–Crippen MR) is 82.2 cm³/mol. The Labute approximate surface area is 119 Å². The third-order valence-corrected chi connectivity index (χ3v) is 4.45. The number of aromatic nitrogens is 1. The van der Waals surface area contributed by atoms with Crippen LogP contribution < -0.4 is 0 Å². The van der Waals surface area contributed by atoms with Crippen molar-refractivity contribution in [2.45, 2.75) is 13.8 Å². The molecule has 3 heteroatoms. The molecule has 0 aliphatic carbocycles. The molecule has 0 atom stereocenters. The third-order valence-electron chi connectivity index (χ3n) is 2.90. The second-order valence-corrected chi connectivity index (χ2v) is 6.40. The van der Waals surface area contributed by atoms with Crippen LogP contribution in [-0.4, -0.2) is 4.98 Å². The highest BCUT2D eigenvalue weighted by atomic mass is 79.9. The van der Waals surface area contributed by atoms with E-state index < -0.39 is 0 Å². The lowest BCUT2D eigenvalue weighted by Gasteiger charge is -1.96. The van der Waals surface area contributed by atoms with Gasteiger partial charge in [0.05, 0.1) is 10.2 Å². The summed E-state index contributed by atoms with van der Waals surface area (Å²) in [6.45, 7) is 4.25. The van der Waals surface area contributed by atoms with Crippen LogP contribution in [0.15, 0.2) is 40.9 Å². The molecular weight excluding hydrogens is 306 g/mol. The molecule has 0 bridgehead atoms. The van der Waals surface area contributed by atoms with Crippen LogP contribution in [0.25, 0.3) is 20.8 Å². The average molecular weight is 318 g/mol. The summed E-state index contributed by atoms with van der Waals surface area (Å²) in [5.41, 5.74) is 4.84. The standard InChI is InChI=1S/C15H12BrNS/c1-9-6-10(2)14-13(7-9)18-15(17-14)11-4-3-5-12(16)8-11/h3-8H,1-2H3. The number of halogens is 1. The van der Waals surface area contributed by atoms with E-state index in [9.17, 15) is 0 Å². The maximum atomic E-state index is 4.76. The first-order chi connectivity index (χ1) is 8.63. The van der Waals surface area contributed by atoms with Crippen LogP contribution in [0.1, 0.15) is 11.1 Å². The Hall–Kier alpha value is -1.19. The molecule has 0 saturated heterocycles. The van der Waals surface area contributed by atoms with Gasteiger partial charge in [-0.1, -0.05) is 34.1 Å². The lowest BCUT2D eigenvalue weighted by molar-refractivity contribution is 1.38. The minimum Gasteiger partial charge on any atom is -0.236 e. The van der Waals surface area contributed by atoms with Crippen LogP contribution in [0, 0.1) is 13.8 Å². The molecule has 3 aromatic rings. The van der Waals surface area contributed by atoms with Gasteiger partial charge in [-0.05, 0) is 43.2 Å². The summed E-state index contributed by atoms with van der Waals surface area (Å²) in [6.07, 6.45) is 0. The number of thiazole rings is 1. The molecule has 1 aromatic heterocycles. The first-order valence-corrected chi connectivity index (χ1v) is 7.38. The molecule has 2 aromatic carbocycles. The van der Waals surface area contributed by atoms with Crippen LogP contribution in [0.2, 0.25) is 0 Å². The third kappa shape index (κ3) is 2.08. The Bertz CT molecular complexity index is 730. The molecular formula is C15H12BrNS. The lowest BCUT2D eigenvalue weighted by atomic mass is 10.1. The molecule has 0 N–H and O–H groups in total. The summed E-state index contributed by atoms with van der Waals surface area (Å²) in [7, 11) is 0. The quantitative estimate of drug-likeness (QED) is 0.590. The first-order valence-electron chi connectivity index (χ1n) is 5.77. The average Bonchev–Trinajstić information content (AvgIpc) is 2.73. The van der Waals surface area contributed by atoms with Crippen molar-refractivity contribution in [2.75, 3.05) is 0 Å². The molecule has 1 heterocycles. The maximum absolute atomic E-state index is 4.76. The van der Waals surface area contributed by atoms with Crippen molar-refractivity contribution in [3.05, 3.63) is 52.0 Å². The van der Waals surface area contributed by atoms with E-state index in [-0.39, 0.29) is 0 Å². The summed E-state index contributed by atoms with van der Waals surface area (Å²) in [4.78, 5) is 4.76. The number of benzene rings is 2. The fourth-order valence-electron chi connectivity index (χ4n) is 2.12. The Kier molecular flexibility index (Phi) is 2.96. The highest BCUT2D eigenvalue weighted by Crippen LogP contribution is 2.33. The summed E-state index contributed by atoms with van der Waals surface area (Å²) < 4.78 is 2.36. The number of rotatable bonds is 1. The molecule has 18 heavy (non-hydrogen) atoms. The zero-order chi connectivity index (χ0) is 12.7. The Morgan fingerprint density at radius 1 is 1.11 bits per heavy atom. The van der Waals surface area contributed by atoms with E-state index >= 15 is 0 Å². The van der Waals surface area contributed by atoms with Gasteiger partial charge in [-0.15, -0.1) is 11.3 Å². The summed E-state index contributed by atoms with van der Waals surface area (Å²) in [5, 5.41) is 1.08. The van der Waals surface area contributed by atoms with Gasteiger partial charge in [-0.3, -0.25) is 0 Å². The number of aryl methyl sites for hydroxylation is 2. The lowest BCUT2D eigenvalue weighted by Crippen LogP contribution is -1.80. The van der Waals surface area contributed by atoms with Crippen molar-refractivity contribution in [1.29, 1.82) is 0 Å². The highest BCUT2D eigenvalue weighted by molar-refractivity contribution is 9.10. The first kappa shape index (κ1) is 11.9. The number of nitrogens with zero attached hydrogens (tertiary/aromatic N) is 1. The van der Waals surface area contributed by atoms with Gasteiger partial charge in [-0.2, -0.15) is 0 Å². The van der Waals surface area contributed by atoms with Gasteiger partial charge >= 0.3 is 0 Å². The van der Waals surface area contributed by atoms with Crippen molar-refractivity contribution in [3.63, 3.8) is 0 Å². The molecule has 90 valence electrons. The maximum Gasteiger partial charge on any atom is 0.124 e. The van der Waals surface area contributed by atoms with E-state index in [1.807, 2.05) is 12.1 Å². The van der Waals surface area contributed by atoms with E-state index in [1.54, 1.807) is 11.3 Å². The van der Waals surface area contributed by atoms with Crippen molar-refractivity contribution >= 4 is 37.5 Å². The van der Waals surface area contributed by atoms with Crippen LogP contribution in [0.4, 0.5) is 0 Å². The fraction of sp³-hybridized carbons (Fsp3) is 0.133. The van der Waals surface area contributed by atoms with Gasteiger partial charge < -0.3 is 0 Å². The Balaban J connectivity index is 2.22. The van der Waals surface area contributed by atoms with Crippen molar-refractivity contribution in [1.82, 2.24) is 4.98 Å². The molecule has 3 rings (SSSR count). The second-order valence-electron chi connectivity index (χ2n) is 4.46. The van der Waals surface area contributed by atoms with Crippen LogP contribution in [-0.2, 0) is 0 Å². The molecule has 0 unspecified atom stereocenters.